The number of hydrogen-bond donors (Lipinski definition) is 1. The number of amides is 1. The zero-order valence-electron chi connectivity index (χ0n) is 17.4. The number of nitrogens with one attached hydrogen (secondary N) is 1. The van der Waals surface area contributed by atoms with E-state index in [0.29, 0.717) is 24.7 Å². The van der Waals surface area contributed by atoms with Crippen LogP contribution in [0.1, 0.15) is 31.1 Å². The molecule has 1 amide bonds. The molecule has 3 aromatic rings. The third kappa shape index (κ3) is 5.51. The van der Waals surface area contributed by atoms with Crippen LogP contribution in [-0.4, -0.2) is 46.8 Å². The molecule has 2 aromatic carbocycles. The SMILES string of the molecule is CSc1ccccc1NC(=O)CCN1CCCC(c2nc(-c3ccc(F)cc3)no2)C1. The second-order valence-electron chi connectivity index (χ2n) is 7.60. The molecule has 4 rings (SSSR count). The van der Waals surface area contributed by atoms with Crippen molar-refractivity contribution in [3.05, 3.63) is 60.2 Å². The van der Waals surface area contributed by atoms with Crippen molar-refractivity contribution in [2.75, 3.05) is 31.2 Å². The Bertz CT molecular complexity index is 1020. The van der Waals surface area contributed by atoms with Crippen LogP contribution in [-0.2, 0) is 4.79 Å². The van der Waals surface area contributed by atoms with Crippen molar-refractivity contribution in [1.82, 2.24) is 15.0 Å². The van der Waals surface area contributed by atoms with Crippen LogP contribution in [0.4, 0.5) is 10.1 Å². The fourth-order valence-electron chi connectivity index (χ4n) is 3.80. The van der Waals surface area contributed by atoms with E-state index in [1.54, 1.807) is 23.9 Å². The number of thioether (sulfide) groups is 1. The van der Waals surface area contributed by atoms with Crippen molar-refractivity contribution in [2.24, 2.45) is 0 Å². The first-order valence-corrected chi connectivity index (χ1v) is 11.6. The van der Waals surface area contributed by atoms with Crippen molar-refractivity contribution in [3.8, 4) is 11.4 Å². The summed E-state index contributed by atoms with van der Waals surface area (Å²) in [5.41, 5.74) is 1.59. The molecule has 1 unspecified atom stereocenters. The van der Waals surface area contributed by atoms with Crippen LogP contribution in [0.5, 0.6) is 0 Å². The summed E-state index contributed by atoms with van der Waals surface area (Å²) in [5.74, 6) is 0.924. The van der Waals surface area contributed by atoms with Gasteiger partial charge in [-0.3, -0.25) is 4.79 Å². The highest BCUT2D eigenvalue weighted by Crippen LogP contribution is 2.28. The van der Waals surface area contributed by atoms with E-state index >= 15 is 0 Å². The minimum absolute atomic E-state index is 0.0139. The molecule has 6 nitrogen and oxygen atoms in total. The van der Waals surface area contributed by atoms with E-state index < -0.39 is 0 Å². The van der Waals surface area contributed by atoms with Crippen LogP contribution in [0.3, 0.4) is 0 Å². The summed E-state index contributed by atoms with van der Waals surface area (Å²) in [6.45, 7) is 2.41. The fraction of sp³-hybridized carbons (Fsp3) is 0.348. The van der Waals surface area contributed by atoms with E-state index in [9.17, 15) is 9.18 Å². The van der Waals surface area contributed by atoms with E-state index in [0.717, 1.165) is 42.1 Å². The van der Waals surface area contributed by atoms with Gasteiger partial charge in [0, 0.05) is 30.0 Å². The Labute approximate surface area is 185 Å². The van der Waals surface area contributed by atoms with Gasteiger partial charge in [0.15, 0.2) is 0 Å². The molecule has 1 saturated heterocycles. The second-order valence-corrected chi connectivity index (χ2v) is 8.45. The Hall–Kier alpha value is -2.71. The summed E-state index contributed by atoms with van der Waals surface area (Å²) in [7, 11) is 0. The van der Waals surface area contributed by atoms with Crippen molar-refractivity contribution < 1.29 is 13.7 Å². The van der Waals surface area contributed by atoms with Crippen LogP contribution in [0.15, 0.2) is 57.9 Å². The van der Waals surface area contributed by atoms with Crippen molar-refractivity contribution in [3.63, 3.8) is 0 Å². The third-order valence-corrected chi connectivity index (χ3v) is 6.23. The molecule has 2 heterocycles. The Morgan fingerprint density at radius 1 is 1.26 bits per heavy atom. The molecule has 1 fully saturated rings. The van der Waals surface area contributed by atoms with Gasteiger partial charge in [-0.2, -0.15) is 4.98 Å². The maximum Gasteiger partial charge on any atom is 0.231 e. The number of carbonyl (C=O) groups is 1. The first-order valence-electron chi connectivity index (χ1n) is 10.4. The zero-order valence-corrected chi connectivity index (χ0v) is 18.2. The van der Waals surface area contributed by atoms with Crippen molar-refractivity contribution in [1.29, 1.82) is 0 Å². The lowest BCUT2D eigenvalue weighted by Crippen LogP contribution is -2.36. The van der Waals surface area contributed by atoms with Gasteiger partial charge >= 0.3 is 0 Å². The van der Waals surface area contributed by atoms with E-state index in [2.05, 4.69) is 20.4 Å². The average Bonchev–Trinajstić information content (AvgIpc) is 3.29. The van der Waals surface area contributed by atoms with E-state index in [4.69, 9.17) is 4.52 Å². The van der Waals surface area contributed by atoms with Crippen LogP contribution in [0, 0.1) is 5.82 Å². The summed E-state index contributed by atoms with van der Waals surface area (Å²) < 4.78 is 18.6. The summed E-state index contributed by atoms with van der Waals surface area (Å²) in [6.07, 6.45) is 4.41. The minimum Gasteiger partial charge on any atom is -0.339 e. The summed E-state index contributed by atoms with van der Waals surface area (Å²) >= 11 is 1.62. The van der Waals surface area contributed by atoms with Gasteiger partial charge in [-0.25, -0.2) is 4.39 Å². The van der Waals surface area contributed by atoms with Gasteiger partial charge < -0.3 is 14.7 Å². The minimum atomic E-state index is -0.295. The summed E-state index contributed by atoms with van der Waals surface area (Å²) in [4.78, 5) is 20.3. The first kappa shape index (κ1) is 21.5. The van der Waals surface area contributed by atoms with Gasteiger partial charge in [0.2, 0.25) is 17.6 Å². The molecule has 1 N–H and O–H groups in total. The van der Waals surface area contributed by atoms with Gasteiger partial charge in [-0.1, -0.05) is 17.3 Å². The number of hydrogen-bond acceptors (Lipinski definition) is 6. The molecule has 1 aromatic heterocycles. The molecule has 31 heavy (non-hydrogen) atoms. The molecule has 1 aliphatic rings. The largest absolute Gasteiger partial charge is 0.339 e. The molecular formula is C23H25FN4O2S. The Morgan fingerprint density at radius 2 is 2.06 bits per heavy atom. The molecule has 1 atom stereocenters. The molecule has 0 radical (unpaired) electrons. The molecule has 1 aliphatic heterocycles. The summed E-state index contributed by atoms with van der Waals surface area (Å²) in [5, 5.41) is 7.08. The van der Waals surface area contributed by atoms with Gasteiger partial charge in [-0.15, -0.1) is 11.8 Å². The number of rotatable bonds is 7. The monoisotopic (exact) mass is 440 g/mol. The Kier molecular flexibility index (Phi) is 6.99. The predicted molar refractivity (Wildman–Crippen MR) is 120 cm³/mol. The Morgan fingerprint density at radius 3 is 2.87 bits per heavy atom. The standard InChI is InChI=1S/C23H25FN4O2S/c1-31-20-7-3-2-6-19(20)25-21(29)12-14-28-13-4-5-17(15-28)23-26-22(27-30-23)16-8-10-18(24)11-9-16/h2-3,6-11,17H,4-5,12-15H2,1H3,(H,25,29). The zero-order chi connectivity index (χ0) is 21.6. The molecule has 8 heteroatoms. The lowest BCUT2D eigenvalue weighted by molar-refractivity contribution is -0.116. The predicted octanol–water partition coefficient (Wildman–Crippen LogP) is 4.81. The van der Waals surface area contributed by atoms with Gasteiger partial charge in [0.05, 0.1) is 11.6 Å². The van der Waals surface area contributed by atoms with Crippen molar-refractivity contribution >= 4 is 23.4 Å². The van der Waals surface area contributed by atoms with Gasteiger partial charge in [-0.05, 0) is 62.0 Å². The van der Waals surface area contributed by atoms with E-state index in [1.165, 1.54) is 12.1 Å². The smallest absolute Gasteiger partial charge is 0.231 e. The molecular weight excluding hydrogens is 415 g/mol. The number of piperidine rings is 1. The van der Waals surface area contributed by atoms with Gasteiger partial charge in [0.1, 0.15) is 5.82 Å². The topological polar surface area (TPSA) is 71.3 Å². The number of likely N-dealkylation sites (tertiary alicyclic amines) is 1. The lowest BCUT2D eigenvalue weighted by atomic mass is 9.98. The quantitative estimate of drug-likeness (QED) is 0.532. The van der Waals surface area contributed by atoms with Crippen LogP contribution in [0.25, 0.3) is 11.4 Å². The highest BCUT2D eigenvalue weighted by Gasteiger charge is 2.26. The number of anilines is 1. The number of para-hydroxylation sites is 1. The number of halogens is 1. The number of nitrogens with zero attached hydrogens (tertiary/aromatic N) is 3. The fourth-order valence-corrected chi connectivity index (χ4v) is 4.35. The van der Waals surface area contributed by atoms with Crippen LogP contribution in [0.2, 0.25) is 0 Å². The van der Waals surface area contributed by atoms with E-state index in [-0.39, 0.29) is 17.6 Å². The van der Waals surface area contributed by atoms with Crippen LogP contribution >= 0.6 is 11.8 Å². The highest BCUT2D eigenvalue weighted by atomic mass is 32.2. The molecule has 0 spiro atoms. The third-order valence-electron chi connectivity index (χ3n) is 5.44. The van der Waals surface area contributed by atoms with Crippen molar-refractivity contribution in [2.45, 2.75) is 30.1 Å². The molecule has 0 saturated carbocycles. The number of carbonyl (C=O) groups excluding carboxylic acids is 1. The van der Waals surface area contributed by atoms with E-state index in [1.807, 2.05) is 30.5 Å². The van der Waals surface area contributed by atoms with Crippen LogP contribution < -0.4 is 5.32 Å². The molecule has 162 valence electrons. The maximum atomic E-state index is 13.1. The highest BCUT2D eigenvalue weighted by molar-refractivity contribution is 7.98. The lowest BCUT2D eigenvalue weighted by Gasteiger charge is -2.30. The van der Waals surface area contributed by atoms with Gasteiger partial charge in [0.25, 0.3) is 0 Å². The average molecular weight is 441 g/mol. The number of benzene rings is 2. The molecule has 0 aliphatic carbocycles. The Balaban J connectivity index is 1.32. The second kappa shape index (κ2) is 10.1. The number of aromatic nitrogens is 2. The maximum absolute atomic E-state index is 13.1. The molecule has 0 bridgehead atoms. The normalized spacial score (nSPS) is 16.9. The first-order chi connectivity index (χ1) is 15.1. The summed E-state index contributed by atoms with van der Waals surface area (Å²) in [6, 6.07) is 13.9.